The van der Waals surface area contributed by atoms with E-state index >= 15 is 0 Å². The van der Waals surface area contributed by atoms with E-state index in [0.717, 1.165) is 4.57 Å². The molecule has 0 atom stereocenters. The second-order valence-corrected chi connectivity index (χ2v) is 5.25. The predicted molar refractivity (Wildman–Crippen MR) is 84.1 cm³/mol. The lowest BCUT2D eigenvalue weighted by Gasteiger charge is -2.11. The Morgan fingerprint density at radius 2 is 1.83 bits per heavy atom. The van der Waals surface area contributed by atoms with Gasteiger partial charge in [0.25, 0.3) is 0 Å². The van der Waals surface area contributed by atoms with Gasteiger partial charge in [0, 0.05) is 5.56 Å². The van der Waals surface area contributed by atoms with Gasteiger partial charge >= 0.3 is 0 Å². The van der Waals surface area contributed by atoms with Gasteiger partial charge in [-0.2, -0.15) is 0 Å². The van der Waals surface area contributed by atoms with Crippen LogP contribution in [0.5, 0.6) is 11.6 Å². The fourth-order valence-corrected chi connectivity index (χ4v) is 2.73. The van der Waals surface area contributed by atoms with Gasteiger partial charge in [0.05, 0.1) is 28.7 Å². The van der Waals surface area contributed by atoms with Gasteiger partial charge in [0.1, 0.15) is 5.82 Å². The van der Waals surface area contributed by atoms with Gasteiger partial charge < -0.3 is 15.2 Å². The highest BCUT2D eigenvalue weighted by Crippen LogP contribution is 2.42. The highest BCUT2D eigenvalue weighted by Gasteiger charge is 2.26. The average molecular weight is 327 g/mol. The fourth-order valence-electron chi connectivity index (χ4n) is 2.73. The Morgan fingerprint density at radius 1 is 1.04 bits per heavy atom. The Kier molecular flexibility index (Phi) is 3.02. The van der Waals surface area contributed by atoms with Crippen LogP contribution in [0.1, 0.15) is 0 Å². The predicted octanol–water partition coefficient (Wildman–Crippen LogP) is 3.71. The number of nitrogens with zero attached hydrogens (tertiary/aromatic N) is 2. The third-order valence-corrected chi connectivity index (χ3v) is 3.85. The SMILES string of the molecule is Oc1c(F)c(-c2ccccc2F)n(-c2ccc3nc[nH]c3c2)c1O. The summed E-state index contributed by atoms with van der Waals surface area (Å²) in [6.07, 6.45) is 1.50. The normalized spacial score (nSPS) is 11.2. The van der Waals surface area contributed by atoms with Crippen LogP contribution in [-0.2, 0) is 0 Å². The van der Waals surface area contributed by atoms with Crippen LogP contribution < -0.4 is 0 Å². The number of halogens is 2. The van der Waals surface area contributed by atoms with Crippen LogP contribution in [-0.4, -0.2) is 24.7 Å². The van der Waals surface area contributed by atoms with Crippen LogP contribution >= 0.6 is 0 Å². The molecule has 0 radical (unpaired) electrons. The van der Waals surface area contributed by atoms with E-state index in [1.165, 1.54) is 24.5 Å². The van der Waals surface area contributed by atoms with Gasteiger partial charge in [-0.05, 0) is 30.3 Å². The summed E-state index contributed by atoms with van der Waals surface area (Å²) in [5.74, 6) is -3.40. The number of hydrogen-bond acceptors (Lipinski definition) is 3. The Bertz CT molecular complexity index is 1070. The standard InChI is InChI=1S/C17H11F2N3O2/c18-11-4-2-1-3-10(11)15-14(19)16(23)17(24)22(15)9-5-6-12-13(7-9)21-8-20-12/h1-8,23-24H,(H,20,21). The van der Waals surface area contributed by atoms with E-state index in [1.807, 2.05) is 0 Å². The number of nitrogens with one attached hydrogen (secondary N) is 1. The Balaban J connectivity index is 2.05. The van der Waals surface area contributed by atoms with Gasteiger partial charge in [0.15, 0.2) is 5.82 Å². The van der Waals surface area contributed by atoms with Gasteiger partial charge in [0.2, 0.25) is 11.6 Å². The first-order valence-corrected chi connectivity index (χ1v) is 7.08. The summed E-state index contributed by atoms with van der Waals surface area (Å²) in [5, 5.41) is 20.0. The molecule has 0 fully saturated rings. The van der Waals surface area contributed by atoms with Crippen LogP contribution in [0.4, 0.5) is 8.78 Å². The van der Waals surface area contributed by atoms with Crippen molar-refractivity contribution in [2.24, 2.45) is 0 Å². The van der Waals surface area contributed by atoms with Gasteiger partial charge in [-0.25, -0.2) is 13.8 Å². The molecule has 120 valence electrons. The molecule has 0 aliphatic heterocycles. The number of rotatable bonds is 2. The molecule has 0 amide bonds. The number of benzene rings is 2. The second kappa shape index (κ2) is 5.09. The Morgan fingerprint density at radius 3 is 2.62 bits per heavy atom. The number of fused-ring (bicyclic) bond motifs is 1. The molecular formula is C17H11F2N3O2. The maximum absolute atomic E-state index is 14.5. The van der Waals surface area contributed by atoms with Crippen LogP contribution in [0.3, 0.4) is 0 Å². The van der Waals surface area contributed by atoms with E-state index in [1.54, 1.807) is 24.3 Å². The van der Waals surface area contributed by atoms with E-state index in [-0.39, 0.29) is 11.3 Å². The van der Waals surface area contributed by atoms with E-state index in [9.17, 15) is 19.0 Å². The van der Waals surface area contributed by atoms with Crippen molar-refractivity contribution in [2.45, 2.75) is 0 Å². The highest BCUT2D eigenvalue weighted by atomic mass is 19.1. The van der Waals surface area contributed by atoms with Crippen molar-refractivity contribution in [1.29, 1.82) is 0 Å². The first-order valence-electron chi connectivity index (χ1n) is 7.08. The molecule has 2 aromatic heterocycles. The molecule has 0 aliphatic rings. The van der Waals surface area contributed by atoms with Crippen LogP contribution in [0.25, 0.3) is 28.0 Å². The Hall–Kier alpha value is -3.35. The van der Waals surface area contributed by atoms with Crippen molar-refractivity contribution in [3.05, 3.63) is 60.4 Å². The molecule has 2 aromatic carbocycles. The summed E-state index contributed by atoms with van der Waals surface area (Å²) >= 11 is 0. The highest BCUT2D eigenvalue weighted by molar-refractivity contribution is 5.79. The number of aromatic amines is 1. The summed E-state index contributed by atoms with van der Waals surface area (Å²) in [7, 11) is 0. The summed E-state index contributed by atoms with van der Waals surface area (Å²) in [6.45, 7) is 0. The van der Waals surface area contributed by atoms with E-state index in [2.05, 4.69) is 9.97 Å². The average Bonchev–Trinajstić information content (AvgIpc) is 3.13. The summed E-state index contributed by atoms with van der Waals surface area (Å²) in [4.78, 5) is 6.99. The number of imidazole rings is 1. The Labute approximate surface area is 134 Å². The smallest absolute Gasteiger partial charge is 0.243 e. The number of hydrogen-bond donors (Lipinski definition) is 3. The maximum Gasteiger partial charge on any atom is 0.243 e. The quantitative estimate of drug-likeness (QED) is 0.525. The molecule has 24 heavy (non-hydrogen) atoms. The van der Waals surface area contributed by atoms with E-state index in [4.69, 9.17) is 0 Å². The molecule has 0 saturated carbocycles. The molecule has 4 aromatic rings. The van der Waals surface area contributed by atoms with Gasteiger partial charge in [-0.15, -0.1) is 0 Å². The van der Waals surface area contributed by atoms with Crippen molar-refractivity contribution < 1.29 is 19.0 Å². The molecule has 0 spiro atoms. The molecule has 5 nitrogen and oxygen atoms in total. The number of aromatic hydroxyl groups is 2. The van der Waals surface area contributed by atoms with E-state index < -0.39 is 23.3 Å². The van der Waals surface area contributed by atoms with Crippen molar-refractivity contribution in [1.82, 2.24) is 14.5 Å². The summed E-state index contributed by atoms with van der Waals surface area (Å²) in [5.41, 5.74) is 1.35. The zero-order valence-corrected chi connectivity index (χ0v) is 12.2. The molecule has 0 aliphatic carbocycles. The third-order valence-electron chi connectivity index (χ3n) is 3.85. The largest absolute Gasteiger partial charge is 0.501 e. The lowest BCUT2D eigenvalue weighted by molar-refractivity contribution is 0.374. The lowest BCUT2D eigenvalue weighted by atomic mass is 10.1. The second-order valence-electron chi connectivity index (χ2n) is 5.25. The summed E-state index contributed by atoms with van der Waals surface area (Å²) in [6, 6.07) is 10.4. The van der Waals surface area contributed by atoms with Crippen LogP contribution in [0.2, 0.25) is 0 Å². The molecular weight excluding hydrogens is 316 g/mol. The van der Waals surface area contributed by atoms with Crippen LogP contribution in [0.15, 0.2) is 48.8 Å². The van der Waals surface area contributed by atoms with Gasteiger partial charge in [-0.1, -0.05) is 12.1 Å². The fraction of sp³-hybridized carbons (Fsp3) is 0. The first-order chi connectivity index (χ1) is 11.6. The van der Waals surface area contributed by atoms with Crippen molar-refractivity contribution >= 4 is 11.0 Å². The lowest BCUT2D eigenvalue weighted by Crippen LogP contribution is -1.99. The number of H-pyrrole nitrogens is 1. The van der Waals surface area contributed by atoms with Gasteiger partial charge in [-0.3, -0.25) is 4.57 Å². The zero-order valence-electron chi connectivity index (χ0n) is 12.2. The molecule has 3 N–H and O–H groups in total. The summed E-state index contributed by atoms with van der Waals surface area (Å²) < 4.78 is 29.7. The van der Waals surface area contributed by atoms with Crippen molar-refractivity contribution in [3.63, 3.8) is 0 Å². The minimum Gasteiger partial charge on any atom is -0.501 e. The van der Waals surface area contributed by atoms with Crippen molar-refractivity contribution in [2.75, 3.05) is 0 Å². The molecule has 0 saturated heterocycles. The minimum atomic E-state index is -1.10. The number of aromatic nitrogens is 3. The van der Waals surface area contributed by atoms with Crippen molar-refractivity contribution in [3.8, 4) is 28.6 Å². The maximum atomic E-state index is 14.5. The first kappa shape index (κ1) is 14.3. The third kappa shape index (κ3) is 1.95. The zero-order chi connectivity index (χ0) is 16.8. The topological polar surface area (TPSA) is 74.1 Å². The molecule has 0 unspecified atom stereocenters. The molecule has 0 bridgehead atoms. The van der Waals surface area contributed by atoms with E-state index in [0.29, 0.717) is 16.7 Å². The molecule has 4 rings (SSSR count). The minimum absolute atomic E-state index is 0.0738. The monoisotopic (exact) mass is 327 g/mol. The van der Waals surface area contributed by atoms with Crippen LogP contribution in [0, 0.1) is 11.6 Å². The molecule has 2 heterocycles. The molecule has 7 heteroatoms.